The normalized spacial score (nSPS) is 19.4. The zero-order chi connectivity index (χ0) is 14.1. The lowest BCUT2D eigenvalue weighted by molar-refractivity contribution is 0.480. The van der Waals surface area contributed by atoms with Gasteiger partial charge in [-0.15, -0.1) is 5.10 Å². The number of H-pyrrole nitrogens is 1. The van der Waals surface area contributed by atoms with Crippen molar-refractivity contribution in [3.63, 3.8) is 0 Å². The lowest BCUT2D eigenvalue weighted by Gasteiger charge is -2.30. The van der Waals surface area contributed by atoms with Crippen molar-refractivity contribution in [1.29, 1.82) is 0 Å². The van der Waals surface area contributed by atoms with Gasteiger partial charge in [-0.1, -0.05) is 12.1 Å². The van der Waals surface area contributed by atoms with Crippen molar-refractivity contribution in [3.05, 3.63) is 29.3 Å². The van der Waals surface area contributed by atoms with Crippen LogP contribution >= 0.6 is 0 Å². The summed E-state index contributed by atoms with van der Waals surface area (Å²) in [5, 5.41) is 10.8. The van der Waals surface area contributed by atoms with Crippen LogP contribution < -0.4 is 10.2 Å². The van der Waals surface area contributed by atoms with Gasteiger partial charge in [-0.3, -0.25) is 5.10 Å². The van der Waals surface area contributed by atoms with Crippen molar-refractivity contribution < 1.29 is 0 Å². The van der Waals surface area contributed by atoms with Crippen LogP contribution in [0.25, 0.3) is 11.4 Å². The molecule has 0 saturated carbocycles. The molecule has 106 valence electrons. The van der Waals surface area contributed by atoms with Crippen LogP contribution in [0, 0.1) is 13.8 Å². The van der Waals surface area contributed by atoms with E-state index in [1.807, 2.05) is 0 Å². The Hall–Kier alpha value is -1.88. The van der Waals surface area contributed by atoms with Crippen LogP contribution in [-0.4, -0.2) is 40.9 Å². The molecule has 5 nitrogen and oxygen atoms in total. The van der Waals surface area contributed by atoms with Crippen molar-refractivity contribution >= 4 is 5.95 Å². The van der Waals surface area contributed by atoms with Crippen molar-refractivity contribution in [3.8, 4) is 11.4 Å². The van der Waals surface area contributed by atoms with Gasteiger partial charge in [0.2, 0.25) is 5.95 Å². The number of nitrogens with zero attached hydrogens (tertiary/aromatic N) is 3. The van der Waals surface area contributed by atoms with Crippen LogP contribution in [0.5, 0.6) is 0 Å². The predicted molar refractivity (Wildman–Crippen MR) is 81.0 cm³/mol. The molecule has 0 radical (unpaired) electrons. The van der Waals surface area contributed by atoms with Gasteiger partial charge >= 0.3 is 0 Å². The van der Waals surface area contributed by atoms with Crippen molar-refractivity contribution in [2.24, 2.45) is 0 Å². The molecular weight excluding hydrogens is 250 g/mol. The topological polar surface area (TPSA) is 56.8 Å². The van der Waals surface area contributed by atoms with E-state index < -0.39 is 0 Å². The Labute approximate surface area is 119 Å². The summed E-state index contributed by atoms with van der Waals surface area (Å²) < 4.78 is 0. The minimum absolute atomic E-state index is 0.479. The number of rotatable bonds is 2. The van der Waals surface area contributed by atoms with Crippen LogP contribution in [0.4, 0.5) is 5.95 Å². The largest absolute Gasteiger partial charge is 0.337 e. The average molecular weight is 271 g/mol. The molecule has 1 unspecified atom stereocenters. The highest BCUT2D eigenvalue weighted by molar-refractivity contribution is 5.58. The van der Waals surface area contributed by atoms with E-state index in [-0.39, 0.29) is 0 Å². The molecule has 2 aromatic rings. The van der Waals surface area contributed by atoms with Gasteiger partial charge in [-0.05, 0) is 38.0 Å². The quantitative estimate of drug-likeness (QED) is 0.875. The van der Waals surface area contributed by atoms with Gasteiger partial charge < -0.3 is 10.2 Å². The van der Waals surface area contributed by atoms with Crippen molar-refractivity contribution in [2.45, 2.75) is 26.8 Å². The molecule has 0 aliphatic carbocycles. The van der Waals surface area contributed by atoms with Gasteiger partial charge in [0.25, 0.3) is 0 Å². The first-order chi connectivity index (χ1) is 9.63. The van der Waals surface area contributed by atoms with Gasteiger partial charge in [-0.25, -0.2) is 0 Å². The summed E-state index contributed by atoms with van der Waals surface area (Å²) in [6.07, 6.45) is 0. The Morgan fingerprint density at radius 3 is 2.85 bits per heavy atom. The Morgan fingerprint density at radius 1 is 1.25 bits per heavy atom. The molecule has 5 heteroatoms. The lowest BCUT2D eigenvalue weighted by atomic mass is 10.1. The number of hydrogen-bond donors (Lipinski definition) is 2. The van der Waals surface area contributed by atoms with Gasteiger partial charge in [0.15, 0.2) is 5.82 Å². The van der Waals surface area contributed by atoms with E-state index in [1.165, 1.54) is 11.1 Å². The van der Waals surface area contributed by atoms with Crippen LogP contribution in [-0.2, 0) is 0 Å². The van der Waals surface area contributed by atoms with E-state index >= 15 is 0 Å². The summed E-state index contributed by atoms with van der Waals surface area (Å²) in [6.45, 7) is 9.30. The molecule has 2 heterocycles. The van der Waals surface area contributed by atoms with Crippen LogP contribution in [0.15, 0.2) is 18.2 Å². The number of nitrogens with one attached hydrogen (secondary N) is 2. The predicted octanol–water partition coefficient (Wildman–Crippen LogP) is 1.89. The number of aromatic nitrogens is 3. The molecule has 1 atom stereocenters. The van der Waals surface area contributed by atoms with Crippen LogP contribution in [0.2, 0.25) is 0 Å². The number of hydrogen-bond acceptors (Lipinski definition) is 4. The van der Waals surface area contributed by atoms with Crippen LogP contribution in [0.1, 0.15) is 18.1 Å². The summed E-state index contributed by atoms with van der Waals surface area (Å²) in [7, 11) is 0. The second-order valence-corrected chi connectivity index (χ2v) is 5.58. The first kappa shape index (κ1) is 13.1. The average Bonchev–Trinajstić information content (AvgIpc) is 2.92. The van der Waals surface area contributed by atoms with Gasteiger partial charge in [0, 0.05) is 31.2 Å². The molecule has 1 saturated heterocycles. The summed E-state index contributed by atoms with van der Waals surface area (Å²) in [5.74, 6) is 1.64. The Morgan fingerprint density at radius 2 is 2.10 bits per heavy atom. The fourth-order valence-corrected chi connectivity index (χ4v) is 2.53. The molecule has 3 rings (SSSR count). The maximum Gasteiger partial charge on any atom is 0.245 e. The van der Waals surface area contributed by atoms with Crippen molar-refractivity contribution in [1.82, 2.24) is 20.5 Å². The number of piperazine rings is 1. The van der Waals surface area contributed by atoms with E-state index in [0.29, 0.717) is 6.04 Å². The maximum atomic E-state index is 4.64. The molecule has 1 aliphatic rings. The van der Waals surface area contributed by atoms with E-state index in [1.54, 1.807) is 0 Å². The highest BCUT2D eigenvalue weighted by Gasteiger charge is 2.19. The fourth-order valence-electron chi connectivity index (χ4n) is 2.53. The Balaban J connectivity index is 1.84. The minimum atomic E-state index is 0.479. The Bertz CT molecular complexity index is 604. The number of benzene rings is 1. The van der Waals surface area contributed by atoms with Crippen LogP contribution in [0.3, 0.4) is 0 Å². The van der Waals surface area contributed by atoms with Gasteiger partial charge in [0.05, 0.1) is 0 Å². The highest BCUT2D eigenvalue weighted by Crippen LogP contribution is 2.21. The van der Waals surface area contributed by atoms with Gasteiger partial charge in [0.1, 0.15) is 0 Å². The number of aryl methyl sites for hydroxylation is 2. The lowest BCUT2D eigenvalue weighted by Crippen LogP contribution is -2.49. The molecule has 20 heavy (non-hydrogen) atoms. The third-order valence-electron chi connectivity index (χ3n) is 3.91. The molecule has 1 aliphatic heterocycles. The zero-order valence-electron chi connectivity index (χ0n) is 12.3. The standard InChI is InChI=1S/C15H21N5/c1-10-4-5-13(8-11(10)2)14-17-15(19-18-14)20-7-6-16-12(3)9-20/h4-5,8,12,16H,6-7,9H2,1-3H3,(H,17,18,19). The molecule has 0 bridgehead atoms. The molecule has 1 fully saturated rings. The second-order valence-electron chi connectivity index (χ2n) is 5.58. The number of anilines is 1. The summed E-state index contributed by atoms with van der Waals surface area (Å²) in [4.78, 5) is 6.87. The number of aromatic amines is 1. The molecule has 1 aromatic carbocycles. The monoisotopic (exact) mass is 271 g/mol. The van der Waals surface area contributed by atoms with E-state index in [4.69, 9.17) is 0 Å². The molecule has 0 spiro atoms. The third-order valence-corrected chi connectivity index (χ3v) is 3.91. The highest BCUT2D eigenvalue weighted by atomic mass is 15.4. The molecular formula is C15H21N5. The maximum absolute atomic E-state index is 4.64. The smallest absolute Gasteiger partial charge is 0.245 e. The SMILES string of the molecule is Cc1ccc(-c2nc(N3CCNC(C)C3)n[nH]2)cc1C. The van der Waals surface area contributed by atoms with E-state index in [9.17, 15) is 0 Å². The molecule has 0 amide bonds. The summed E-state index contributed by atoms with van der Waals surface area (Å²) in [6, 6.07) is 6.85. The first-order valence-electron chi connectivity index (χ1n) is 7.12. The van der Waals surface area contributed by atoms with E-state index in [2.05, 4.69) is 64.4 Å². The minimum Gasteiger partial charge on any atom is -0.337 e. The van der Waals surface area contributed by atoms with Crippen molar-refractivity contribution in [2.75, 3.05) is 24.5 Å². The zero-order valence-corrected chi connectivity index (χ0v) is 12.3. The first-order valence-corrected chi connectivity index (χ1v) is 7.12. The summed E-state index contributed by atoms with van der Waals surface area (Å²) >= 11 is 0. The summed E-state index contributed by atoms with van der Waals surface area (Å²) in [5.41, 5.74) is 3.66. The molecule has 2 N–H and O–H groups in total. The van der Waals surface area contributed by atoms with Gasteiger partial charge in [-0.2, -0.15) is 4.98 Å². The third kappa shape index (κ3) is 2.54. The second kappa shape index (κ2) is 5.25. The van der Waals surface area contributed by atoms with E-state index in [0.717, 1.165) is 37.0 Å². The molecule has 1 aromatic heterocycles. The Kier molecular flexibility index (Phi) is 3.44. The fraction of sp³-hybridized carbons (Fsp3) is 0.467.